The van der Waals surface area contributed by atoms with E-state index in [1.54, 1.807) is 0 Å². The molecule has 1 N–H and O–H groups in total. The predicted molar refractivity (Wildman–Crippen MR) is 54.8 cm³/mol. The number of hydrogen-bond donors (Lipinski definition) is 1. The largest absolute Gasteiger partial charge is 0.358 e. The monoisotopic (exact) mass is 189 g/mol. The second-order valence-electron chi connectivity index (χ2n) is 4.48. The van der Waals surface area contributed by atoms with Crippen molar-refractivity contribution in [1.29, 1.82) is 0 Å². The van der Waals surface area contributed by atoms with Crippen molar-refractivity contribution in [3.05, 3.63) is 35.9 Å². The molecule has 1 atom stereocenters. The molecule has 0 amide bonds. The van der Waals surface area contributed by atoms with Crippen LogP contribution in [0.5, 0.6) is 0 Å². The summed E-state index contributed by atoms with van der Waals surface area (Å²) >= 11 is 0. The Labute approximate surface area is 84.3 Å². The second kappa shape index (κ2) is 3.07. The maximum absolute atomic E-state index is 5.83. The smallest absolute Gasteiger partial charge is 0.134 e. The van der Waals surface area contributed by atoms with Crippen molar-refractivity contribution in [2.24, 2.45) is 5.41 Å². The summed E-state index contributed by atoms with van der Waals surface area (Å²) in [6, 6.07) is 10.4. The van der Waals surface area contributed by atoms with Gasteiger partial charge in [-0.25, -0.2) is 0 Å². The van der Waals surface area contributed by atoms with Gasteiger partial charge in [0.25, 0.3) is 0 Å². The van der Waals surface area contributed by atoms with Gasteiger partial charge in [0.15, 0.2) is 0 Å². The van der Waals surface area contributed by atoms with Crippen LogP contribution in [0.15, 0.2) is 30.3 Å². The molecule has 2 fully saturated rings. The van der Waals surface area contributed by atoms with E-state index in [-0.39, 0.29) is 6.23 Å². The van der Waals surface area contributed by atoms with Crippen molar-refractivity contribution in [1.82, 2.24) is 5.32 Å². The van der Waals surface area contributed by atoms with Crippen molar-refractivity contribution in [2.75, 3.05) is 13.2 Å². The van der Waals surface area contributed by atoms with Gasteiger partial charge >= 0.3 is 0 Å². The Morgan fingerprint density at radius 2 is 2.00 bits per heavy atom. The molecule has 0 aromatic heterocycles. The Morgan fingerprint density at radius 1 is 1.21 bits per heavy atom. The summed E-state index contributed by atoms with van der Waals surface area (Å²) in [6.07, 6.45) is 2.78. The third kappa shape index (κ3) is 1.45. The van der Waals surface area contributed by atoms with Crippen molar-refractivity contribution < 1.29 is 4.74 Å². The Bertz CT molecular complexity index is 308. The topological polar surface area (TPSA) is 21.3 Å². The highest BCUT2D eigenvalue weighted by Gasteiger charge is 2.45. The van der Waals surface area contributed by atoms with Gasteiger partial charge in [-0.1, -0.05) is 30.3 Å². The highest BCUT2D eigenvalue weighted by Crippen LogP contribution is 2.48. The maximum Gasteiger partial charge on any atom is 0.134 e. The molecule has 1 aliphatic heterocycles. The first kappa shape index (κ1) is 8.45. The lowest BCUT2D eigenvalue weighted by atomic mass is 10.1. The minimum absolute atomic E-state index is 0.113. The SMILES string of the molecule is c1ccc(C2NCC3(CC3)CO2)cc1. The van der Waals surface area contributed by atoms with Gasteiger partial charge in [-0.3, -0.25) is 5.32 Å². The zero-order chi connectivity index (χ0) is 9.43. The van der Waals surface area contributed by atoms with Crippen LogP contribution in [0.1, 0.15) is 24.6 Å². The van der Waals surface area contributed by atoms with Crippen molar-refractivity contribution in [3.8, 4) is 0 Å². The van der Waals surface area contributed by atoms with E-state index < -0.39 is 0 Å². The van der Waals surface area contributed by atoms with Crippen LogP contribution < -0.4 is 5.32 Å². The van der Waals surface area contributed by atoms with Crippen molar-refractivity contribution in [2.45, 2.75) is 19.1 Å². The van der Waals surface area contributed by atoms with Gasteiger partial charge in [-0.2, -0.15) is 0 Å². The lowest BCUT2D eigenvalue weighted by Gasteiger charge is -2.30. The minimum atomic E-state index is 0.113. The van der Waals surface area contributed by atoms with E-state index in [0.717, 1.165) is 13.2 Å². The summed E-state index contributed by atoms with van der Waals surface area (Å²) in [6.45, 7) is 2.05. The molecule has 1 saturated carbocycles. The van der Waals surface area contributed by atoms with Gasteiger partial charge in [0.2, 0.25) is 0 Å². The standard InChI is InChI=1S/C12H15NO/c1-2-4-10(5-3-1)11-13-8-12(6-7-12)9-14-11/h1-5,11,13H,6-9H2. The summed E-state index contributed by atoms with van der Waals surface area (Å²) in [5, 5.41) is 3.47. The van der Waals surface area contributed by atoms with Gasteiger partial charge in [-0.15, -0.1) is 0 Å². The highest BCUT2D eigenvalue weighted by molar-refractivity contribution is 5.18. The molecule has 1 aromatic carbocycles. The van der Waals surface area contributed by atoms with E-state index in [0.29, 0.717) is 5.41 Å². The summed E-state index contributed by atoms with van der Waals surface area (Å²) in [7, 11) is 0. The third-order valence-corrected chi connectivity index (χ3v) is 3.28. The molecule has 1 saturated heterocycles. The number of benzene rings is 1. The molecular formula is C12H15NO. The Balaban J connectivity index is 1.70. The zero-order valence-electron chi connectivity index (χ0n) is 8.20. The average Bonchev–Trinajstić information content (AvgIpc) is 3.01. The number of rotatable bonds is 1. The molecule has 1 aromatic rings. The molecule has 2 heteroatoms. The molecule has 14 heavy (non-hydrogen) atoms. The summed E-state index contributed by atoms with van der Waals surface area (Å²) < 4.78 is 5.83. The first-order valence-corrected chi connectivity index (χ1v) is 5.28. The number of hydrogen-bond acceptors (Lipinski definition) is 2. The summed E-state index contributed by atoms with van der Waals surface area (Å²) in [5.74, 6) is 0. The Morgan fingerprint density at radius 3 is 2.57 bits per heavy atom. The van der Waals surface area contributed by atoms with Crippen LogP contribution in [-0.4, -0.2) is 13.2 Å². The number of ether oxygens (including phenoxy) is 1. The van der Waals surface area contributed by atoms with E-state index in [1.807, 2.05) is 6.07 Å². The molecule has 0 radical (unpaired) electrons. The van der Waals surface area contributed by atoms with Crippen LogP contribution in [0.3, 0.4) is 0 Å². The molecular weight excluding hydrogens is 174 g/mol. The predicted octanol–water partition coefficient (Wildman–Crippen LogP) is 2.09. The molecule has 1 spiro atoms. The Kier molecular flexibility index (Phi) is 1.85. The number of nitrogens with one attached hydrogen (secondary N) is 1. The van der Waals surface area contributed by atoms with E-state index in [1.165, 1.54) is 18.4 Å². The third-order valence-electron chi connectivity index (χ3n) is 3.28. The maximum atomic E-state index is 5.83. The van der Waals surface area contributed by atoms with E-state index in [4.69, 9.17) is 4.74 Å². The molecule has 0 bridgehead atoms. The lowest BCUT2D eigenvalue weighted by Crippen LogP contribution is -2.39. The lowest BCUT2D eigenvalue weighted by molar-refractivity contribution is -0.0383. The van der Waals surface area contributed by atoms with Gasteiger partial charge in [-0.05, 0) is 18.4 Å². The quantitative estimate of drug-likeness (QED) is 0.730. The van der Waals surface area contributed by atoms with Crippen molar-refractivity contribution in [3.63, 3.8) is 0 Å². The molecule has 1 unspecified atom stereocenters. The molecule has 74 valence electrons. The van der Waals surface area contributed by atoms with Crippen LogP contribution in [0.25, 0.3) is 0 Å². The summed E-state index contributed by atoms with van der Waals surface area (Å²) in [4.78, 5) is 0. The van der Waals surface area contributed by atoms with Crippen LogP contribution in [0, 0.1) is 5.41 Å². The van der Waals surface area contributed by atoms with Gasteiger partial charge in [0, 0.05) is 12.0 Å². The molecule has 1 aliphatic carbocycles. The average molecular weight is 189 g/mol. The normalized spacial score (nSPS) is 29.0. The summed E-state index contributed by atoms with van der Waals surface area (Å²) in [5.41, 5.74) is 1.74. The molecule has 3 rings (SSSR count). The van der Waals surface area contributed by atoms with Crippen LogP contribution in [-0.2, 0) is 4.74 Å². The van der Waals surface area contributed by atoms with E-state index >= 15 is 0 Å². The fourth-order valence-corrected chi connectivity index (χ4v) is 2.02. The van der Waals surface area contributed by atoms with Crippen LogP contribution in [0.2, 0.25) is 0 Å². The van der Waals surface area contributed by atoms with Crippen LogP contribution in [0.4, 0.5) is 0 Å². The van der Waals surface area contributed by atoms with Gasteiger partial charge < -0.3 is 4.74 Å². The fourth-order valence-electron chi connectivity index (χ4n) is 2.02. The Hall–Kier alpha value is -0.860. The van der Waals surface area contributed by atoms with Gasteiger partial charge in [0.05, 0.1) is 6.61 Å². The molecule has 1 heterocycles. The fraction of sp³-hybridized carbons (Fsp3) is 0.500. The van der Waals surface area contributed by atoms with Crippen molar-refractivity contribution >= 4 is 0 Å². The van der Waals surface area contributed by atoms with Crippen LogP contribution >= 0.6 is 0 Å². The van der Waals surface area contributed by atoms with E-state index in [9.17, 15) is 0 Å². The van der Waals surface area contributed by atoms with E-state index in [2.05, 4.69) is 29.6 Å². The molecule has 2 aliphatic rings. The zero-order valence-corrected chi connectivity index (χ0v) is 8.20. The molecule has 2 nitrogen and oxygen atoms in total. The second-order valence-corrected chi connectivity index (χ2v) is 4.48. The minimum Gasteiger partial charge on any atom is -0.358 e. The highest BCUT2D eigenvalue weighted by atomic mass is 16.5. The first-order valence-electron chi connectivity index (χ1n) is 5.28. The first-order chi connectivity index (χ1) is 6.88. The van der Waals surface area contributed by atoms with Gasteiger partial charge in [0.1, 0.15) is 6.23 Å².